The lowest BCUT2D eigenvalue weighted by Gasteiger charge is -2.14. The fraction of sp³-hybridized carbons (Fsp3) is 0.200. The second-order valence-electron chi connectivity index (χ2n) is 4.61. The average molecular weight is 307 g/mol. The van der Waals surface area contributed by atoms with Crippen LogP contribution in [0.15, 0.2) is 64.4 Å². The van der Waals surface area contributed by atoms with Gasteiger partial charge < -0.3 is 0 Å². The molecule has 0 aromatic heterocycles. The number of sulfonamides is 1. The van der Waals surface area contributed by atoms with Crippen LogP contribution in [0.3, 0.4) is 0 Å². The third-order valence-electron chi connectivity index (χ3n) is 2.73. The van der Waals surface area contributed by atoms with Crippen molar-refractivity contribution in [1.82, 2.24) is 0 Å². The summed E-state index contributed by atoms with van der Waals surface area (Å²) >= 11 is 1.54. The van der Waals surface area contributed by atoms with E-state index < -0.39 is 15.3 Å². The second kappa shape index (κ2) is 6.33. The molecule has 106 valence electrons. The van der Waals surface area contributed by atoms with Crippen LogP contribution in [0.5, 0.6) is 0 Å². The molecule has 0 fully saturated rings. The van der Waals surface area contributed by atoms with Crippen molar-refractivity contribution in [3.8, 4) is 0 Å². The largest absolute Gasteiger partial charge is 0.282 e. The maximum atomic E-state index is 12.0. The van der Waals surface area contributed by atoms with Crippen LogP contribution in [-0.2, 0) is 10.0 Å². The minimum atomic E-state index is -3.33. The number of nitrogens with one attached hydrogen (secondary N) is 1. The van der Waals surface area contributed by atoms with Crippen molar-refractivity contribution in [2.24, 2.45) is 0 Å². The molecular formula is C15H17NO2S2. The van der Waals surface area contributed by atoms with Crippen LogP contribution < -0.4 is 4.72 Å². The average Bonchev–Trinajstić information content (AvgIpc) is 2.42. The van der Waals surface area contributed by atoms with Gasteiger partial charge >= 0.3 is 0 Å². The summed E-state index contributed by atoms with van der Waals surface area (Å²) < 4.78 is 26.6. The van der Waals surface area contributed by atoms with E-state index in [9.17, 15) is 8.42 Å². The molecule has 0 aliphatic heterocycles. The zero-order chi connectivity index (χ0) is 14.6. The SMILES string of the molecule is CC(C)S(=O)(=O)Nc1ccccc1Sc1ccccc1. The van der Waals surface area contributed by atoms with Gasteiger partial charge in [-0.25, -0.2) is 8.42 Å². The Morgan fingerprint density at radius 3 is 2.20 bits per heavy atom. The van der Waals surface area contributed by atoms with Crippen molar-refractivity contribution < 1.29 is 8.42 Å². The number of hydrogen-bond donors (Lipinski definition) is 1. The van der Waals surface area contributed by atoms with E-state index in [0.29, 0.717) is 5.69 Å². The monoisotopic (exact) mass is 307 g/mol. The van der Waals surface area contributed by atoms with Crippen LogP contribution in [0, 0.1) is 0 Å². The molecule has 2 aromatic rings. The Hall–Kier alpha value is -1.46. The highest BCUT2D eigenvalue weighted by atomic mass is 32.2. The molecule has 0 aliphatic carbocycles. The van der Waals surface area contributed by atoms with E-state index in [1.165, 1.54) is 11.8 Å². The van der Waals surface area contributed by atoms with Crippen LogP contribution in [0.25, 0.3) is 0 Å². The first kappa shape index (κ1) is 14.9. The van der Waals surface area contributed by atoms with Crippen molar-refractivity contribution in [2.45, 2.75) is 28.9 Å². The fourth-order valence-electron chi connectivity index (χ4n) is 1.53. The minimum Gasteiger partial charge on any atom is -0.282 e. The number of hydrogen-bond acceptors (Lipinski definition) is 3. The number of anilines is 1. The highest BCUT2D eigenvalue weighted by Gasteiger charge is 2.17. The lowest BCUT2D eigenvalue weighted by atomic mass is 10.3. The van der Waals surface area contributed by atoms with Crippen LogP contribution in [0.2, 0.25) is 0 Å². The molecule has 0 saturated heterocycles. The lowest BCUT2D eigenvalue weighted by Crippen LogP contribution is -2.22. The Morgan fingerprint density at radius 1 is 0.950 bits per heavy atom. The zero-order valence-electron chi connectivity index (χ0n) is 11.4. The summed E-state index contributed by atoms with van der Waals surface area (Å²) in [6.45, 7) is 3.32. The summed E-state index contributed by atoms with van der Waals surface area (Å²) in [5.41, 5.74) is 0.620. The van der Waals surface area contributed by atoms with E-state index >= 15 is 0 Å². The normalized spacial score (nSPS) is 11.6. The van der Waals surface area contributed by atoms with Gasteiger partial charge in [0.1, 0.15) is 0 Å². The Morgan fingerprint density at radius 2 is 1.55 bits per heavy atom. The van der Waals surface area contributed by atoms with Crippen molar-refractivity contribution in [3.05, 3.63) is 54.6 Å². The van der Waals surface area contributed by atoms with Gasteiger partial charge in [0.25, 0.3) is 0 Å². The molecule has 0 heterocycles. The number of benzene rings is 2. The highest BCUT2D eigenvalue weighted by molar-refractivity contribution is 7.99. The summed E-state index contributed by atoms with van der Waals surface area (Å²) in [4.78, 5) is 1.96. The van der Waals surface area contributed by atoms with Gasteiger partial charge in [-0.05, 0) is 38.1 Å². The molecule has 0 spiro atoms. The van der Waals surface area contributed by atoms with Crippen LogP contribution >= 0.6 is 11.8 Å². The van der Waals surface area contributed by atoms with E-state index in [-0.39, 0.29) is 0 Å². The first-order chi connectivity index (χ1) is 9.49. The van der Waals surface area contributed by atoms with Crippen LogP contribution in [0.1, 0.15) is 13.8 Å². The third kappa shape index (κ3) is 3.77. The zero-order valence-corrected chi connectivity index (χ0v) is 13.0. The van der Waals surface area contributed by atoms with Gasteiger partial charge in [-0.3, -0.25) is 4.72 Å². The molecule has 0 unspecified atom stereocenters. The van der Waals surface area contributed by atoms with Gasteiger partial charge in [-0.2, -0.15) is 0 Å². The summed E-state index contributed by atoms with van der Waals surface area (Å²) in [6.07, 6.45) is 0. The lowest BCUT2D eigenvalue weighted by molar-refractivity contribution is 0.592. The predicted molar refractivity (Wildman–Crippen MR) is 84.7 cm³/mol. The Labute approximate surface area is 124 Å². The van der Waals surface area contributed by atoms with Gasteiger partial charge in [0.05, 0.1) is 10.9 Å². The molecule has 20 heavy (non-hydrogen) atoms. The molecule has 2 aromatic carbocycles. The van der Waals surface area contributed by atoms with E-state index in [1.54, 1.807) is 19.9 Å². The third-order valence-corrected chi connectivity index (χ3v) is 5.56. The van der Waals surface area contributed by atoms with E-state index in [4.69, 9.17) is 0 Å². The second-order valence-corrected chi connectivity index (χ2v) is 7.96. The van der Waals surface area contributed by atoms with Gasteiger partial charge in [0.2, 0.25) is 10.0 Å². The van der Waals surface area contributed by atoms with Crippen molar-refractivity contribution in [3.63, 3.8) is 0 Å². The molecular weight excluding hydrogens is 290 g/mol. The van der Waals surface area contributed by atoms with Crippen LogP contribution in [0.4, 0.5) is 5.69 Å². The van der Waals surface area contributed by atoms with Gasteiger partial charge in [0, 0.05) is 9.79 Å². The predicted octanol–water partition coefficient (Wildman–Crippen LogP) is 3.99. The highest BCUT2D eigenvalue weighted by Crippen LogP contribution is 2.33. The van der Waals surface area contributed by atoms with Gasteiger partial charge in [0.15, 0.2) is 0 Å². The number of para-hydroxylation sites is 1. The summed E-state index contributed by atoms with van der Waals surface area (Å²) in [6, 6.07) is 17.3. The van der Waals surface area contributed by atoms with Gasteiger partial charge in [-0.1, -0.05) is 42.1 Å². The van der Waals surface area contributed by atoms with E-state index in [0.717, 1.165) is 9.79 Å². The van der Waals surface area contributed by atoms with Gasteiger partial charge in [-0.15, -0.1) is 0 Å². The van der Waals surface area contributed by atoms with Crippen molar-refractivity contribution in [2.75, 3.05) is 4.72 Å². The van der Waals surface area contributed by atoms with Crippen molar-refractivity contribution in [1.29, 1.82) is 0 Å². The molecule has 0 saturated carbocycles. The Bertz CT molecular complexity index is 667. The molecule has 0 aliphatic rings. The maximum absolute atomic E-state index is 12.0. The van der Waals surface area contributed by atoms with E-state index in [1.807, 2.05) is 48.5 Å². The molecule has 0 amide bonds. The summed E-state index contributed by atoms with van der Waals surface area (Å²) in [5.74, 6) is 0. The molecule has 2 rings (SSSR count). The molecule has 0 bridgehead atoms. The minimum absolute atomic E-state index is 0.461. The molecule has 0 atom stereocenters. The molecule has 0 radical (unpaired) electrons. The van der Waals surface area contributed by atoms with Crippen molar-refractivity contribution >= 4 is 27.5 Å². The fourth-order valence-corrected chi connectivity index (χ4v) is 3.23. The van der Waals surface area contributed by atoms with Crippen LogP contribution in [-0.4, -0.2) is 13.7 Å². The molecule has 1 N–H and O–H groups in total. The number of rotatable bonds is 5. The Kier molecular flexibility index (Phi) is 4.73. The standard InChI is InChI=1S/C15H17NO2S2/c1-12(2)20(17,18)16-14-10-6-7-11-15(14)19-13-8-4-3-5-9-13/h3-12,16H,1-2H3. The first-order valence-electron chi connectivity index (χ1n) is 6.32. The smallest absolute Gasteiger partial charge is 0.235 e. The maximum Gasteiger partial charge on any atom is 0.235 e. The topological polar surface area (TPSA) is 46.2 Å². The van der Waals surface area contributed by atoms with E-state index in [2.05, 4.69) is 4.72 Å². The molecule has 5 heteroatoms. The summed E-state index contributed by atoms with van der Waals surface area (Å²) in [7, 11) is -3.33. The first-order valence-corrected chi connectivity index (χ1v) is 8.69. The quantitative estimate of drug-likeness (QED) is 0.908. The Balaban J connectivity index is 2.27. The summed E-state index contributed by atoms with van der Waals surface area (Å²) in [5, 5.41) is -0.461. The molecule has 3 nitrogen and oxygen atoms in total.